The summed E-state index contributed by atoms with van der Waals surface area (Å²) < 4.78 is 0. The Morgan fingerprint density at radius 2 is 2.35 bits per heavy atom. The van der Waals surface area contributed by atoms with E-state index in [1.807, 2.05) is 6.92 Å². The van der Waals surface area contributed by atoms with Crippen LogP contribution in [0.3, 0.4) is 0 Å². The quantitative estimate of drug-likeness (QED) is 0.564. The lowest BCUT2D eigenvalue weighted by atomic mass is 9.97. The Kier molecular flexibility index (Phi) is 3.36. The Balaban J connectivity index is 2.30. The van der Waals surface area contributed by atoms with E-state index in [1.54, 1.807) is 4.90 Å². The molecule has 17 heavy (non-hydrogen) atoms. The van der Waals surface area contributed by atoms with Crippen molar-refractivity contribution in [3.05, 3.63) is 11.3 Å². The van der Waals surface area contributed by atoms with Crippen molar-refractivity contribution in [2.24, 2.45) is 5.16 Å². The monoisotopic (exact) mass is 237 g/mol. The maximum absolute atomic E-state index is 12.3. The molecule has 1 saturated heterocycles. The van der Waals surface area contributed by atoms with Gasteiger partial charge < -0.3 is 15.4 Å². The molecule has 2 aliphatic heterocycles. The van der Waals surface area contributed by atoms with Gasteiger partial charge in [-0.25, -0.2) is 0 Å². The molecule has 0 aromatic heterocycles. The Labute approximate surface area is 101 Å². The number of allylic oxidation sites excluding steroid dienone is 1. The zero-order valence-corrected chi connectivity index (χ0v) is 10.4. The predicted octanol–water partition coefficient (Wildman–Crippen LogP) is 1.44. The first-order valence-electron chi connectivity index (χ1n) is 6.17. The summed E-state index contributed by atoms with van der Waals surface area (Å²) in [4.78, 5) is 14.1. The van der Waals surface area contributed by atoms with E-state index in [-0.39, 0.29) is 12.1 Å². The Hall–Kier alpha value is -1.52. The highest BCUT2D eigenvalue weighted by atomic mass is 16.4. The van der Waals surface area contributed by atoms with Crippen LogP contribution < -0.4 is 5.32 Å². The second kappa shape index (κ2) is 4.77. The minimum Gasteiger partial charge on any atom is -0.411 e. The predicted molar refractivity (Wildman–Crippen MR) is 64.7 cm³/mol. The Morgan fingerprint density at radius 3 is 3.00 bits per heavy atom. The fraction of sp³-hybridized carbons (Fsp3) is 0.667. The summed E-state index contributed by atoms with van der Waals surface area (Å²) in [6.07, 6.45) is 3.11. The van der Waals surface area contributed by atoms with E-state index in [4.69, 9.17) is 5.21 Å². The highest BCUT2D eigenvalue weighted by Crippen LogP contribution is 2.24. The van der Waals surface area contributed by atoms with Crippen molar-refractivity contribution in [3.63, 3.8) is 0 Å². The highest BCUT2D eigenvalue weighted by molar-refractivity contribution is 6.01. The van der Waals surface area contributed by atoms with Gasteiger partial charge in [-0.1, -0.05) is 18.5 Å². The van der Waals surface area contributed by atoms with E-state index < -0.39 is 0 Å². The van der Waals surface area contributed by atoms with Crippen LogP contribution in [-0.4, -0.2) is 34.4 Å². The lowest BCUT2D eigenvalue weighted by Gasteiger charge is -2.41. The van der Waals surface area contributed by atoms with E-state index in [0.29, 0.717) is 5.71 Å². The van der Waals surface area contributed by atoms with E-state index in [9.17, 15) is 4.79 Å². The summed E-state index contributed by atoms with van der Waals surface area (Å²) in [6.45, 7) is 4.72. The van der Waals surface area contributed by atoms with Crippen LogP contribution >= 0.6 is 0 Å². The van der Waals surface area contributed by atoms with Gasteiger partial charge in [0.1, 0.15) is 6.17 Å². The van der Waals surface area contributed by atoms with Gasteiger partial charge in [0.05, 0.1) is 5.71 Å². The number of carbonyl (C=O) groups excluding carboxylic acids is 1. The standard InChI is InChI=1S/C12H19N3O2/c1-3-5-9-8(2)13-11-10(14-17)6-4-7-15(11)12(9)16/h11,13,17H,3-7H2,1-2H3/b14-10+. The molecule has 1 amide bonds. The minimum absolute atomic E-state index is 0.0916. The van der Waals surface area contributed by atoms with E-state index >= 15 is 0 Å². The molecule has 1 unspecified atom stereocenters. The molecule has 0 aromatic rings. The molecule has 94 valence electrons. The molecule has 2 aliphatic rings. The number of piperidine rings is 1. The van der Waals surface area contributed by atoms with Crippen molar-refractivity contribution in [1.82, 2.24) is 10.2 Å². The van der Waals surface area contributed by atoms with E-state index in [2.05, 4.69) is 17.4 Å². The van der Waals surface area contributed by atoms with Gasteiger partial charge in [0.2, 0.25) is 0 Å². The number of oxime groups is 1. The summed E-state index contributed by atoms with van der Waals surface area (Å²) in [5.41, 5.74) is 2.43. The highest BCUT2D eigenvalue weighted by Gasteiger charge is 2.37. The maximum atomic E-state index is 12.3. The SMILES string of the molecule is CCCC1=C(C)NC2/C(=N/O)CCCN2C1=O. The summed E-state index contributed by atoms with van der Waals surface area (Å²) in [6, 6.07) is 0. The van der Waals surface area contributed by atoms with E-state index in [0.717, 1.165) is 43.5 Å². The van der Waals surface area contributed by atoms with Crippen molar-refractivity contribution in [2.75, 3.05) is 6.54 Å². The van der Waals surface area contributed by atoms with Crippen LogP contribution in [0, 0.1) is 0 Å². The largest absolute Gasteiger partial charge is 0.411 e. The van der Waals surface area contributed by atoms with Gasteiger partial charge >= 0.3 is 0 Å². The second-order valence-electron chi connectivity index (χ2n) is 4.59. The number of hydrogen-bond donors (Lipinski definition) is 2. The van der Waals surface area contributed by atoms with Gasteiger partial charge in [-0.15, -0.1) is 0 Å². The molecular weight excluding hydrogens is 218 g/mol. The second-order valence-corrected chi connectivity index (χ2v) is 4.59. The van der Waals surface area contributed by atoms with Crippen molar-refractivity contribution in [3.8, 4) is 0 Å². The zero-order chi connectivity index (χ0) is 12.4. The van der Waals surface area contributed by atoms with Crippen LogP contribution in [0.5, 0.6) is 0 Å². The van der Waals surface area contributed by atoms with Crippen molar-refractivity contribution < 1.29 is 10.0 Å². The van der Waals surface area contributed by atoms with Crippen molar-refractivity contribution in [2.45, 2.75) is 45.7 Å². The molecule has 2 N–H and O–H groups in total. The van der Waals surface area contributed by atoms with Crippen molar-refractivity contribution in [1.29, 1.82) is 0 Å². The van der Waals surface area contributed by atoms with Gasteiger partial charge in [0, 0.05) is 17.8 Å². The summed E-state index contributed by atoms with van der Waals surface area (Å²) in [5, 5.41) is 15.6. The van der Waals surface area contributed by atoms with Crippen LogP contribution in [0.25, 0.3) is 0 Å². The van der Waals surface area contributed by atoms with Crippen LogP contribution in [0.4, 0.5) is 0 Å². The number of nitrogens with one attached hydrogen (secondary N) is 1. The molecule has 0 saturated carbocycles. The number of fused-ring (bicyclic) bond motifs is 1. The van der Waals surface area contributed by atoms with E-state index in [1.165, 1.54) is 0 Å². The Bertz CT molecular complexity index is 387. The summed E-state index contributed by atoms with van der Waals surface area (Å²) >= 11 is 0. The average Bonchev–Trinajstić information content (AvgIpc) is 2.34. The van der Waals surface area contributed by atoms with Crippen LogP contribution in [0.1, 0.15) is 39.5 Å². The summed E-state index contributed by atoms with van der Waals surface area (Å²) in [5.74, 6) is 0.0916. The number of amides is 1. The molecule has 0 aromatic carbocycles. The molecule has 2 heterocycles. The normalized spacial score (nSPS) is 27.2. The first kappa shape index (κ1) is 12.0. The molecule has 0 radical (unpaired) electrons. The fourth-order valence-corrected chi connectivity index (χ4v) is 2.53. The molecule has 1 fully saturated rings. The van der Waals surface area contributed by atoms with Gasteiger partial charge in [-0.3, -0.25) is 4.79 Å². The lowest BCUT2D eigenvalue weighted by Crippen LogP contribution is -2.59. The number of rotatable bonds is 2. The third-order valence-corrected chi connectivity index (χ3v) is 3.41. The molecule has 0 bridgehead atoms. The number of nitrogens with zero attached hydrogens (tertiary/aromatic N) is 2. The lowest BCUT2D eigenvalue weighted by molar-refractivity contribution is -0.130. The molecule has 1 atom stereocenters. The Morgan fingerprint density at radius 1 is 1.59 bits per heavy atom. The van der Waals surface area contributed by atoms with Crippen LogP contribution in [0.15, 0.2) is 16.4 Å². The fourth-order valence-electron chi connectivity index (χ4n) is 2.53. The van der Waals surface area contributed by atoms with Gasteiger partial charge in [0.25, 0.3) is 5.91 Å². The maximum Gasteiger partial charge on any atom is 0.253 e. The molecule has 0 spiro atoms. The minimum atomic E-state index is -0.248. The average molecular weight is 237 g/mol. The zero-order valence-electron chi connectivity index (χ0n) is 10.4. The first-order chi connectivity index (χ1) is 8.19. The molecule has 5 heteroatoms. The van der Waals surface area contributed by atoms with Crippen LogP contribution in [-0.2, 0) is 4.79 Å². The third kappa shape index (κ3) is 2.01. The third-order valence-electron chi connectivity index (χ3n) is 3.41. The topological polar surface area (TPSA) is 64.9 Å². The summed E-state index contributed by atoms with van der Waals surface area (Å²) in [7, 11) is 0. The first-order valence-corrected chi connectivity index (χ1v) is 6.17. The number of carbonyl (C=O) groups is 1. The van der Waals surface area contributed by atoms with Gasteiger partial charge in [0.15, 0.2) is 0 Å². The van der Waals surface area contributed by atoms with Crippen molar-refractivity contribution >= 4 is 11.6 Å². The van der Waals surface area contributed by atoms with Gasteiger partial charge in [-0.2, -0.15) is 0 Å². The van der Waals surface area contributed by atoms with Gasteiger partial charge in [-0.05, 0) is 26.2 Å². The molecule has 2 rings (SSSR count). The smallest absolute Gasteiger partial charge is 0.253 e. The van der Waals surface area contributed by atoms with Crippen LogP contribution in [0.2, 0.25) is 0 Å². The number of hydrogen-bond acceptors (Lipinski definition) is 4. The molecule has 0 aliphatic carbocycles. The molecular formula is C12H19N3O2. The molecule has 5 nitrogen and oxygen atoms in total.